The lowest BCUT2D eigenvalue weighted by atomic mass is 9.96. The van der Waals surface area contributed by atoms with E-state index >= 15 is 0 Å². The molecule has 2 fully saturated rings. The molecule has 4 aromatic carbocycles. The fourth-order valence-corrected chi connectivity index (χ4v) is 10.3. The van der Waals surface area contributed by atoms with Gasteiger partial charge in [-0.3, -0.25) is 0 Å². The number of rotatable bonds is 10. The van der Waals surface area contributed by atoms with Crippen LogP contribution < -0.4 is 26.8 Å². The van der Waals surface area contributed by atoms with Crippen LogP contribution in [-0.4, -0.2) is 86.7 Å². The van der Waals surface area contributed by atoms with Crippen LogP contribution in [0, 0.1) is 13.8 Å². The van der Waals surface area contributed by atoms with Crippen LogP contribution in [0.4, 0.5) is 11.4 Å². The van der Waals surface area contributed by atoms with Crippen molar-refractivity contribution in [1.29, 1.82) is 0 Å². The third-order valence-electron chi connectivity index (χ3n) is 13.6. The Hall–Kier alpha value is -2.64. The van der Waals surface area contributed by atoms with E-state index in [1.54, 1.807) is 22.3 Å². The van der Waals surface area contributed by atoms with Gasteiger partial charge in [0.1, 0.15) is 0 Å². The van der Waals surface area contributed by atoms with Gasteiger partial charge in [0.15, 0.2) is 0 Å². The second-order valence-electron chi connectivity index (χ2n) is 17.5. The summed E-state index contributed by atoms with van der Waals surface area (Å²) in [6, 6.07) is 38.7. The second kappa shape index (κ2) is 22.7. The maximum atomic E-state index is 2.94. The summed E-state index contributed by atoms with van der Waals surface area (Å²) in [6.45, 7) is 9.48. The highest BCUT2D eigenvalue weighted by Gasteiger charge is 2.34. The largest absolute Gasteiger partial charge is 1.00 e. The number of fused-ring (bicyclic) bond motifs is 2. The molecule has 0 unspecified atom stereocenters. The van der Waals surface area contributed by atoms with Gasteiger partial charge in [-0.1, -0.05) is 115 Å². The summed E-state index contributed by atoms with van der Waals surface area (Å²) in [6.07, 6.45) is 15.6. The monoisotopic (exact) mass is 900 g/mol. The zero-order chi connectivity index (χ0) is 38.8. The highest BCUT2D eigenvalue weighted by molar-refractivity contribution is 9.08. The van der Waals surface area contributed by atoms with E-state index in [0.29, 0.717) is 12.1 Å². The van der Waals surface area contributed by atoms with Gasteiger partial charge in [-0.25, -0.2) is 0 Å². The Bertz CT molecular complexity index is 1740. The van der Waals surface area contributed by atoms with Crippen molar-refractivity contribution in [3.63, 3.8) is 0 Å². The summed E-state index contributed by atoms with van der Waals surface area (Å²) in [7, 11) is 7.19. The minimum absolute atomic E-state index is 0. The topological polar surface area (TPSA) is 9.72 Å². The van der Waals surface area contributed by atoms with Gasteiger partial charge >= 0.3 is 0 Å². The molecule has 2 aliphatic heterocycles. The molecule has 8 rings (SSSR count). The Balaban J connectivity index is 0.000000234. The quantitative estimate of drug-likeness (QED) is 0.117. The number of aryl methyl sites for hydroxylation is 2. The molecule has 2 saturated heterocycles. The zero-order valence-corrected chi connectivity index (χ0v) is 38.6. The molecular formula is C51H74Br2N4. The number of hydrogen-bond acceptors (Lipinski definition) is 3. The average Bonchev–Trinajstić information content (AvgIpc) is 3.83. The molecule has 2 aliphatic carbocycles. The Labute approximate surface area is 367 Å². The minimum atomic E-state index is 0. The van der Waals surface area contributed by atoms with Crippen LogP contribution in [0.3, 0.4) is 0 Å². The van der Waals surface area contributed by atoms with E-state index in [1.807, 2.05) is 5.83 Å². The molecule has 312 valence electrons. The lowest BCUT2D eigenvalue weighted by molar-refractivity contribution is -0.920. The predicted octanol–water partition coefficient (Wildman–Crippen LogP) is 8.48. The van der Waals surface area contributed by atoms with Gasteiger partial charge in [0.25, 0.3) is 0 Å². The summed E-state index contributed by atoms with van der Waals surface area (Å²) >= 11 is 2.94. The third-order valence-corrected chi connectivity index (χ3v) is 13.6. The molecule has 0 spiro atoms. The SMILES string of the molecule is C.CBr.Cc1ccccc1N(CC[C@H]1CCCCN1C)C1Cc2ccccc2C1.Cc1ccccc1N(CC[C@H]1CCCC[N+]1(C)C)C1Cc2ccccc2C1.[Br-]. The summed E-state index contributed by atoms with van der Waals surface area (Å²) < 4.78 is 1.20. The number of likely N-dealkylation sites (tertiary alicyclic amines) is 2. The van der Waals surface area contributed by atoms with Crippen LogP contribution in [0.1, 0.15) is 92.2 Å². The Morgan fingerprint density at radius 2 is 1.02 bits per heavy atom. The Kier molecular flexibility index (Phi) is 18.7. The van der Waals surface area contributed by atoms with Crippen molar-refractivity contribution < 1.29 is 21.5 Å². The molecule has 0 N–H and O–H groups in total. The molecule has 4 nitrogen and oxygen atoms in total. The summed E-state index contributed by atoms with van der Waals surface area (Å²) in [5, 5.41) is 0. The molecule has 2 atom stereocenters. The summed E-state index contributed by atoms with van der Waals surface area (Å²) in [5.74, 6) is 1.81. The average molecular weight is 903 g/mol. The van der Waals surface area contributed by atoms with Gasteiger partial charge in [0, 0.05) is 49.0 Å². The number of anilines is 2. The number of piperidine rings is 2. The molecule has 0 radical (unpaired) electrons. The first kappa shape index (κ1) is 47.0. The van der Waals surface area contributed by atoms with Crippen LogP contribution in [0.25, 0.3) is 0 Å². The third kappa shape index (κ3) is 12.0. The van der Waals surface area contributed by atoms with Crippen molar-refractivity contribution in [1.82, 2.24) is 4.90 Å². The maximum Gasteiger partial charge on any atom is 0.0903 e. The van der Waals surface area contributed by atoms with E-state index in [0.717, 1.165) is 12.1 Å². The molecule has 6 heteroatoms. The number of hydrogen-bond donors (Lipinski definition) is 0. The Morgan fingerprint density at radius 3 is 1.46 bits per heavy atom. The van der Waals surface area contributed by atoms with Gasteiger partial charge in [0.05, 0.1) is 26.7 Å². The Morgan fingerprint density at radius 1 is 0.596 bits per heavy atom. The smallest absolute Gasteiger partial charge is 0.0903 e. The predicted molar refractivity (Wildman–Crippen MR) is 248 cm³/mol. The fraction of sp³-hybridized carbons (Fsp3) is 0.529. The molecule has 0 saturated carbocycles. The normalized spacial score (nSPS) is 20.0. The van der Waals surface area contributed by atoms with Crippen molar-refractivity contribution in [3.8, 4) is 0 Å². The molecule has 4 aliphatic rings. The molecule has 0 amide bonds. The number of benzene rings is 4. The van der Waals surface area contributed by atoms with E-state index in [-0.39, 0.29) is 24.4 Å². The van der Waals surface area contributed by atoms with Crippen molar-refractivity contribution in [2.24, 2.45) is 0 Å². The standard InChI is InChI=1S/C25H35N2.C24H32N2.CH3Br.CH4.BrH/c1-20-10-4-7-14-25(20)26(16-15-24-13-8-9-17-27(24,2)3)23-18-21-11-5-6-12-22(21)19-23;1-19-9-3-6-13-24(19)26(16-14-22-12-7-8-15-25(22)2)23-17-20-10-4-5-11-21(20)18-23;1-2;;/h4-7,10-12,14,23-24H,8-9,13,15-19H2,1-3H3;3-6,9-11,13,22-23H,7-8,12,14-18H2,1-2H3;1H3;1H4;1H/q+1;;;;/p-1/t24-;22-;;;/m11.../s1. The van der Waals surface area contributed by atoms with Crippen LogP contribution >= 0.6 is 15.9 Å². The first-order valence-corrected chi connectivity index (χ1v) is 23.0. The number of halogens is 2. The first-order valence-electron chi connectivity index (χ1n) is 21.5. The van der Waals surface area contributed by atoms with Crippen molar-refractivity contribution >= 4 is 27.3 Å². The molecule has 0 aromatic heterocycles. The molecule has 4 aromatic rings. The minimum Gasteiger partial charge on any atom is -1.00 e. The van der Waals surface area contributed by atoms with E-state index in [4.69, 9.17) is 0 Å². The van der Waals surface area contributed by atoms with Crippen molar-refractivity contribution in [2.75, 3.05) is 63.0 Å². The maximum absolute atomic E-state index is 2.94. The van der Waals surface area contributed by atoms with Crippen molar-refractivity contribution in [3.05, 3.63) is 130 Å². The molecule has 57 heavy (non-hydrogen) atoms. The number of alkyl halides is 1. The van der Waals surface area contributed by atoms with Gasteiger partial charge in [-0.2, -0.15) is 0 Å². The van der Waals surface area contributed by atoms with E-state index in [2.05, 4.69) is 163 Å². The van der Waals surface area contributed by atoms with E-state index < -0.39 is 0 Å². The highest BCUT2D eigenvalue weighted by Crippen LogP contribution is 2.34. The first-order chi connectivity index (χ1) is 26.8. The van der Waals surface area contributed by atoms with E-state index in [9.17, 15) is 0 Å². The second-order valence-corrected chi connectivity index (χ2v) is 17.5. The zero-order valence-electron chi connectivity index (χ0n) is 35.4. The fourth-order valence-electron chi connectivity index (χ4n) is 10.3. The van der Waals surface area contributed by atoms with Gasteiger partial charge < -0.3 is 36.2 Å². The van der Waals surface area contributed by atoms with Crippen molar-refractivity contribution in [2.45, 2.75) is 122 Å². The molecule has 0 bridgehead atoms. The highest BCUT2D eigenvalue weighted by atomic mass is 79.9. The molecular weight excluding hydrogens is 828 g/mol. The van der Waals surface area contributed by atoms with Gasteiger partial charge in [-0.15, -0.1) is 0 Å². The molecule has 2 heterocycles. The van der Waals surface area contributed by atoms with Crippen LogP contribution in [0.2, 0.25) is 0 Å². The van der Waals surface area contributed by atoms with Crippen LogP contribution in [0.15, 0.2) is 97.1 Å². The van der Waals surface area contributed by atoms with E-state index in [1.165, 1.54) is 130 Å². The number of para-hydroxylation sites is 2. The van der Waals surface area contributed by atoms with Gasteiger partial charge in [-0.05, 0) is 143 Å². The number of quaternary nitrogens is 1. The number of nitrogens with zero attached hydrogens (tertiary/aromatic N) is 4. The van der Waals surface area contributed by atoms with Gasteiger partial charge in [0.2, 0.25) is 0 Å². The van der Waals surface area contributed by atoms with Crippen LogP contribution in [0.5, 0.6) is 0 Å². The lowest BCUT2D eigenvalue weighted by Crippen LogP contribution is -3.00. The lowest BCUT2D eigenvalue weighted by Gasteiger charge is -2.43. The summed E-state index contributed by atoms with van der Waals surface area (Å²) in [4.78, 5) is 8.05. The van der Waals surface area contributed by atoms with Crippen LogP contribution in [-0.2, 0) is 25.7 Å². The summed E-state index contributed by atoms with van der Waals surface area (Å²) in [5.41, 5.74) is 11.9.